The molecular formula is C20H22N2O5. The van der Waals surface area contributed by atoms with Crippen molar-refractivity contribution in [2.24, 2.45) is 0 Å². The number of hydrogen-bond donors (Lipinski definition) is 2. The van der Waals surface area contributed by atoms with Crippen molar-refractivity contribution in [3.8, 4) is 5.75 Å². The molecule has 0 bridgehead atoms. The molecule has 0 aliphatic heterocycles. The lowest BCUT2D eigenvalue weighted by Gasteiger charge is -2.17. The van der Waals surface area contributed by atoms with Gasteiger partial charge in [-0.05, 0) is 29.8 Å². The smallest absolute Gasteiger partial charge is 0.328 e. The fraction of sp³-hybridized carbons (Fsp3) is 0.250. The van der Waals surface area contributed by atoms with Crippen LogP contribution in [-0.2, 0) is 20.7 Å². The maximum atomic E-state index is 12.1. The SMILES string of the molecule is COC(=O)C(Cc1ccccc1)NC(=O)CNC(=O)c1ccc(OC)cc1. The van der Waals surface area contributed by atoms with Crippen molar-refractivity contribution in [2.75, 3.05) is 20.8 Å². The van der Waals surface area contributed by atoms with Crippen LogP contribution >= 0.6 is 0 Å². The predicted octanol–water partition coefficient (Wildman–Crippen LogP) is 1.33. The molecule has 2 aromatic rings. The molecule has 0 heterocycles. The minimum Gasteiger partial charge on any atom is -0.497 e. The van der Waals surface area contributed by atoms with E-state index in [4.69, 9.17) is 9.47 Å². The Morgan fingerprint density at radius 1 is 0.963 bits per heavy atom. The second-order valence-corrected chi connectivity index (χ2v) is 5.74. The monoisotopic (exact) mass is 370 g/mol. The average Bonchev–Trinajstić information content (AvgIpc) is 2.71. The van der Waals surface area contributed by atoms with Crippen LogP contribution in [0.4, 0.5) is 0 Å². The van der Waals surface area contributed by atoms with E-state index in [1.54, 1.807) is 24.3 Å². The molecule has 2 N–H and O–H groups in total. The van der Waals surface area contributed by atoms with Crippen LogP contribution in [0.5, 0.6) is 5.75 Å². The highest BCUT2D eigenvalue weighted by molar-refractivity contribution is 5.97. The zero-order valence-corrected chi connectivity index (χ0v) is 15.2. The van der Waals surface area contributed by atoms with Crippen molar-refractivity contribution >= 4 is 17.8 Å². The molecule has 7 nitrogen and oxygen atoms in total. The number of nitrogens with one attached hydrogen (secondary N) is 2. The summed E-state index contributed by atoms with van der Waals surface area (Å²) in [5, 5.41) is 5.11. The summed E-state index contributed by atoms with van der Waals surface area (Å²) in [5.41, 5.74) is 1.29. The van der Waals surface area contributed by atoms with Gasteiger partial charge in [0.25, 0.3) is 5.91 Å². The molecule has 0 saturated heterocycles. The number of ether oxygens (including phenoxy) is 2. The van der Waals surface area contributed by atoms with Gasteiger partial charge in [-0.25, -0.2) is 4.79 Å². The minimum absolute atomic E-state index is 0.257. The molecule has 1 atom stereocenters. The quantitative estimate of drug-likeness (QED) is 0.684. The summed E-state index contributed by atoms with van der Waals surface area (Å²) in [6.45, 7) is -0.257. The minimum atomic E-state index is -0.831. The van der Waals surface area contributed by atoms with Crippen molar-refractivity contribution in [3.05, 3.63) is 65.7 Å². The van der Waals surface area contributed by atoms with E-state index in [1.165, 1.54) is 14.2 Å². The zero-order chi connectivity index (χ0) is 19.6. The molecule has 0 fully saturated rings. The van der Waals surface area contributed by atoms with Crippen LogP contribution in [0.1, 0.15) is 15.9 Å². The van der Waals surface area contributed by atoms with Gasteiger partial charge in [0.05, 0.1) is 20.8 Å². The molecule has 0 radical (unpaired) electrons. The van der Waals surface area contributed by atoms with E-state index in [9.17, 15) is 14.4 Å². The van der Waals surface area contributed by atoms with Gasteiger partial charge in [0, 0.05) is 12.0 Å². The first-order valence-electron chi connectivity index (χ1n) is 8.37. The van der Waals surface area contributed by atoms with E-state index in [1.807, 2.05) is 30.3 Å². The highest BCUT2D eigenvalue weighted by Crippen LogP contribution is 2.11. The number of hydrogen-bond acceptors (Lipinski definition) is 5. The van der Waals surface area contributed by atoms with Crippen LogP contribution in [0.3, 0.4) is 0 Å². The first kappa shape index (κ1) is 20.0. The second-order valence-electron chi connectivity index (χ2n) is 5.74. The van der Waals surface area contributed by atoms with Crippen molar-refractivity contribution in [1.82, 2.24) is 10.6 Å². The molecule has 0 aliphatic rings. The van der Waals surface area contributed by atoms with E-state index in [2.05, 4.69) is 10.6 Å². The normalized spacial score (nSPS) is 11.2. The summed E-state index contributed by atoms with van der Waals surface area (Å²) in [5.74, 6) is -0.798. The molecule has 7 heteroatoms. The van der Waals surface area contributed by atoms with Gasteiger partial charge in [-0.1, -0.05) is 30.3 Å². The highest BCUT2D eigenvalue weighted by Gasteiger charge is 2.22. The Morgan fingerprint density at radius 2 is 1.63 bits per heavy atom. The molecule has 2 amide bonds. The lowest BCUT2D eigenvalue weighted by Crippen LogP contribution is -2.47. The van der Waals surface area contributed by atoms with Crippen LogP contribution in [0, 0.1) is 0 Å². The average molecular weight is 370 g/mol. The van der Waals surface area contributed by atoms with Crippen molar-refractivity contribution in [3.63, 3.8) is 0 Å². The van der Waals surface area contributed by atoms with Gasteiger partial charge >= 0.3 is 5.97 Å². The largest absolute Gasteiger partial charge is 0.497 e. The summed E-state index contributed by atoms with van der Waals surface area (Å²) < 4.78 is 9.78. The summed E-state index contributed by atoms with van der Waals surface area (Å²) in [6.07, 6.45) is 0.297. The zero-order valence-electron chi connectivity index (χ0n) is 15.2. The van der Waals surface area contributed by atoms with E-state index in [0.29, 0.717) is 17.7 Å². The molecule has 27 heavy (non-hydrogen) atoms. The molecule has 2 aromatic carbocycles. The standard InChI is InChI=1S/C20H22N2O5/c1-26-16-10-8-15(9-11-16)19(24)21-13-18(23)22-17(20(25)27-2)12-14-6-4-3-5-7-14/h3-11,17H,12-13H2,1-2H3,(H,21,24)(H,22,23). The lowest BCUT2D eigenvalue weighted by molar-refractivity contribution is -0.144. The highest BCUT2D eigenvalue weighted by atomic mass is 16.5. The number of methoxy groups -OCH3 is 2. The Labute approximate surface area is 157 Å². The van der Waals surface area contributed by atoms with Crippen LogP contribution in [-0.4, -0.2) is 44.6 Å². The van der Waals surface area contributed by atoms with E-state index in [-0.39, 0.29) is 6.54 Å². The number of esters is 1. The number of carbonyl (C=O) groups excluding carboxylic acids is 3. The molecule has 2 rings (SSSR count). The summed E-state index contributed by atoms with van der Waals surface area (Å²) >= 11 is 0. The topological polar surface area (TPSA) is 93.7 Å². The van der Waals surface area contributed by atoms with Crippen LogP contribution in [0.15, 0.2) is 54.6 Å². The van der Waals surface area contributed by atoms with Gasteiger partial charge in [0.2, 0.25) is 5.91 Å². The van der Waals surface area contributed by atoms with Gasteiger partial charge in [-0.3, -0.25) is 9.59 Å². The van der Waals surface area contributed by atoms with Gasteiger partial charge in [0.15, 0.2) is 0 Å². The Bertz CT molecular complexity index is 775. The molecule has 1 unspecified atom stereocenters. The second kappa shape index (κ2) is 9.96. The van der Waals surface area contributed by atoms with E-state index >= 15 is 0 Å². The van der Waals surface area contributed by atoms with Crippen molar-refractivity contribution in [2.45, 2.75) is 12.5 Å². The number of benzene rings is 2. The van der Waals surface area contributed by atoms with E-state index < -0.39 is 23.8 Å². The third-order valence-corrected chi connectivity index (χ3v) is 3.87. The van der Waals surface area contributed by atoms with Crippen molar-refractivity contribution in [1.29, 1.82) is 0 Å². The van der Waals surface area contributed by atoms with Crippen LogP contribution < -0.4 is 15.4 Å². The van der Waals surface area contributed by atoms with Crippen molar-refractivity contribution < 1.29 is 23.9 Å². The Hall–Kier alpha value is -3.35. The summed E-state index contributed by atoms with van der Waals surface area (Å²) in [6, 6.07) is 14.9. The maximum Gasteiger partial charge on any atom is 0.328 e. The van der Waals surface area contributed by atoms with Gasteiger partial charge in [-0.2, -0.15) is 0 Å². The molecule has 142 valence electrons. The summed E-state index contributed by atoms with van der Waals surface area (Å²) in [7, 11) is 2.80. The maximum absolute atomic E-state index is 12.1. The first-order valence-corrected chi connectivity index (χ1v) is 8.37. The lowest BCUT2D eigenvalue weighted by atomic mass is 10.1. The van der Waals surface area contributed by atoms with Gasteiger partial charge in [0.1, 0.15) is 11.8 Å². The fourth-order valence-corrected chi connectivity index (χ4v) is 2.44. The summed E-state index contributed by atoms with van der Waals surface area (Å²) in [4.78, 5) is 36.2. The Balaban J connectivity index is 1.90. The van der Waals surface area contributed by atoms with Gasteiger partial charge in [-0.15, -0.1) is 0 Å². The molecule has 0 saturated carbocycles. The number of carbonyl (C=O) groups is 3. The molecular weight excluding hydrogens is 348 g/mol. The third-order valence-electron chi connectivity index (χ3n) is 3.87. The Morgan fingerprint density at radius 3 is 2.22 bits per heavy atom. The third kappa shape index (κ3) is 6.14. The van der Waals surface area contributed by atoms with Gasteiger partial charge < -0.3 is 20.1 Å². The molecule has 0 spiro atoms. The van der Waals surface area contributed by atoms with E-state index in [0.717, 1.165) is 5.56 Å². The number of amides is 2. The van der Waals surface area contributed by atoms with Crippen LogP contribution in [0.25, 0.3) is 0 Å². The first-order chi connectivity index (χ1) is 13.0. The number of rotatable bonds is 8. The molecule has 0 aromatic heterocycles. The molecule has 0 aliphatic carbocycles. The predicted molar refractivity (Wildman–Crippen MR) is 99.4 cm³/mol. The fourth-order valence-electron chi connectivity index (χ4n) is 2.44. The Kier molecular flexibility index (Phi) is 7.37. The van der Waals surface area contributed by atoms with Crippen LogP contribution in [0.2, 0.25) is 0 Å².